The summed E-state index contributed by atoms with van der Waals surface area (Å²) in [5, 5.41) is 10.6. The van der Waals surface area contributed by atoms with E-state index < -0.39 is 16.1 Å². The van der Waals surface area contributed by atoms with Crippen molar-refractivity contribution in [3.8, 4) is 0 Å². The van der Waals surface area contributed by atoms with Gasteiger partial charge in [0, 0.05) is 12.2 Å². The van der Waals surface area contributed by atoms with Crippen molar-refractivity contribution in [2.75, 3.05) is 17.7 Å². The minimum atomic E-state index is -3.19. The second-order valence-corrected chi connectivity index (χ2v) is 11.1. The summed E-state index contributed by atoms with van der Waals surface area (Å²) in [6.45, 7) is 0.382. The Labute approximate surface area is 211 Å². The minimum absolute atomic E-state index is 0.0141. The van der Waals surface area contributed by atoms with Gasteiger partial charge < -0.3 is 10.0 Å². The van der Waals surface area contributed by atoms with E-state index in [-0.39, 0.29) is 23.7 Å². The highest BCUT2D eigenvalue weighted by atomic mass is 32.2. The average Bonchev–Trinajstić information content (AvgIpc) is 2.86. The van der Waals surface area contributed by atoms with Gasteiger partial charge in [0.1, 0.15) is 5.82 Å². The molecule has 0 spiro atoms. The fraction of sp³-hybridized carbons (Fsp3) is 0.321. The number of aryl methyl sites for hydroxylation is 1. The van der Waals surface area contributed by atoms with Crippen LogP contribution in [0.15, 0.2) is 78.9 Å². The SMILES string of the molecule is CS(=O)(=O)NCCCc1ccc(N2C(=O)[C@H](CC[C@H](O)c3ccc(F)cc3)[C@H]2c2ccccc2)cc1. The van der Waals surface area contributed by atoms with Crippen LogP contribution >= 0.6 is 0 Å². The fourth-order valence-electron chi connectivity index (χ4n) is 4.71. The zero-order valence-corrected chi connectivity index (χ0v) is 21.0. The summed E-state index contributed by atoms with van der Waals surface area (Å²) in [6, 6.07) is 23.3. The molecule has 0 aliphatic carbocycles. The third kappa shape index (κ3) is 6.37. The monoisotopic (exact) mass is 510 g/mol. The maximum absolute atomic E-state index is 13.3. The Hall–Kier alpha value is -3.07. The van der Waals surface area contributed by atoms with Crippen LogP contribution in [0.25, 0.3) is 0 Å². The molecule has 1 amide bonds. The Bertz CT molecular complexity index is 1270. The maximum Gasteiger partial charge on any atom is 0.233 e. The molecule has 0 aromatic heterocycles. The first-order valence-corrected chi connectivity index (χ1v) is 14.0. The highest BCUT2D eigenvalue weighted by molar-refractivity contribution is 7.88. The van der Waals surface area contributed by atoms with Gasteiger partial charge >= 0.3 is 0 Å². The van der Waals surface area contributed by atoms with Crippen LogP contribution in [0.1, 0.15) is 48.1 Å². The van der Waals surface area contributed by atoms with Gasteiger partial charge in [0.2, 0.25) is 15.9 Å². The molecule has 1 saturated heterocycles. The van der Waals surface area contributed by atoms with E-state index in [1.165, 1.54) is 12.1 Å². The summed E-state index contributed by atoms with van der Waals surface area (Å²) >= 11 is 0. The summed E-state index contributed by atoms with van der Waals surface area (Å²) < 4.78 is 38.1. The second kappa shape index (κ2) is 11.3. The van der Waals surface area contributed by atoms with Crippen molar-refractivity contribution in [2.24, 2.45) is 5.92 Å². The van der Waals surface area contributed by atoms with Crippen molar-refractivity contribution in [1.29, 1.82) is 0 Å². The second-order valence-electron chi connectivity index (χ2n) is 9.25. The number of rotatable bonds is 11. The number of amides is 1. The van der Waals surface area contributed by atoms with Gasteiger partial charge in [-0.1, -0.05) is 54.6 Å². The van der Waals surface area contributed by atoms with Crippen LogP contribution in [0.5, 0.6) is 0 Å². The van der Waals surface area contributed by atoms with Crippen LogP contribution in [-0.4, -0.2) is 32.2 Å². The van der Waals surface area contributed by atoms with E-state index in [0.717, 1.165) is 29.5 Å². The average molecular weight is 511 g/mol. The number of aliphatic hydroxyl groups excluding tert-OH is 1. The van der Waals surface area contributed by atoms with Gasteiger partial charge in [-0.2, -0.15) is 0 Å². The maximum atomic E-state index is 13.3. The molecule has 2 N–H and O–H groups in total. The van der Waals surface area contributed by atoms with E-state index in [1.54, 1.807) is 17.0 Å². The topological polar surface area (TPSA) is 86.7 Å². The third-order valence-electron chi connectivity index (χ3n) is 6.58. The largest absolute Gasteiger partial charge is 0.388 e. The van der Waals surface area contributed by atoms with Gasteiger partial charge in [-0.3, -0.25) is 4.79 Å². The van der Waals surface area contributed by atoms with Crippen molar-refractivity contribution in [1.82, 2.24) is 4.72 Å². The number of nitrogens with one attached hydrogen (secondary N) is 1. The number of nitrogens with zero attached hydrogens (tertiary/aromatic N) is 1. The standard InChI is InChI=1S/C28H31FN2O4S/c1-36(34,35)30-19-5-6-20-9-15-24(16-10-20)31-27(22-7-3-2-4-8-22)25(28(31)33)17-18-26(32)21-11-13-23(29)14-12-21/h2-4,7-16,25-27,30,32H,5-6,17-19H2,1H3/t25-,26+,27-/m1/s1. The lowest BCUT2D eigenvalue weighted by atomic mass is 9.78. The quantitative estimate of drug-likeness (QED) is 0.293. The van der Waals surface area contributed by atoms with Gasteiger partial charge in [-0.05, 0) is 66.6 Å². The number of sulfonamides is 1. The van der Waals surface area contributed by atoms with Crippen LogP contribution in [0.2, 0.25) is 0 Å². The van der Waals surface area contributed by atoms with E-state index in [9.17, 15) is 22.7 Å². The van der Waals surface area contributed by atoms with Crippen molar-refractivity contribution < 1.29 is 22.7 Å². The first kappa shape index (κ1) is 26.0. The summed E-state index contributed by atoms with van der Waals surface area (Å²) in [5.41, 5.74) is 3.55. The van der Waals surface area contributed by atoms with Crippen molar-refractivity contribution >= 4 is 21.6 Å². The number of carbonyl (C=O) groups is 1. The number of aliphatic hydroxyl groups is 1. The first-order chi connectivity index (χ1) is 17.2. The Morgan fingerprint density at radius 3 is 2.31 bits per heavy atom. The molecule has 4 rings (SSSR count). The summed E-state index contributed by atoms with van der Waals surface area (Å²) in [7, 11) is -3.19. The molecular weight excluding hydrogens is 479 g/mol. The normalized spacial score (nSPS) is 18.6. The van der Waals surface area contributed by atoms with Crippen LogP contribution in [0.4, 0.5) is 10.1 Å². The molecule has 0 unspecified atom stereocenters. The van der Waals surface area contributed by atoms with Gasteiger partial charge in [-0.25, -0.2) is 17.5 Å². The molecule has 1 aliphatic heterocycles. The number of carbonyl (C=O) groups excluding carboxylic acids is 1. The highest BCUT2D eigenvalue weighted by Gasteiger charge is 2.48. The number of benzene rings is 3. The van der Waals surface area contributed by atoms with Crippen LogP contribution in [0.3, 0.4) is 0 Å². The Morgan fingerprint density at radius 1 is 1.00 bits per heavy atom. The predicted molar refractivity (Wildman–Crippen MR) is 138 cm³/mol. The Morgan fingerprint density at radius 2 is 1.67 bits per heavy atom. The van der Waals surface area contributed by atoms with E-state index in [0.29, 0.717) is 31.4 Å². The molecule has 0 bridgehead atoms. The van der Waals surface area contributed by atoms with Crippen molar-refractivity contribution in [2.45, 2.75) is 37.8 Å². The molecule has 8 heteroatoms. The molecule has 0 radical (unpaired) electrons. The zero-order chi connectivity index (χ0) is 25.7. The lowest BCUT2D eigenvalue weighted by Gasteiger charge is -2.48. The number of anilines is 1. The fourth-order valence-corrected chi connectivity index (χ4v) is 5.23. The van der Waals surface area contributed by atoms with E-state index >= 15 is 0 Å². The Kier molecular flexibility index (Phi) is 8.18. The predicted octanol–water partition coefficient (Wildman–Crippen LogP) is 4.53. The van der Waals surface area contributed by atoms with E-state index in [4.69, 9.17) is 0 Å². The molecule has 0 saturated carbocycles. The molecule has 1 heterocycles. The summed E-state index contributed by atoms with van der Waals surface area (Å²) in [6.07, 6.45) is 2.70. The van der Waals surface area contributed by atoms with Gasteiger partial charge in [0.25, 0.3) is 0 Å². The molecule has 3 aromatic carbocycles. The minimum Gasteiger partial charge on any atom is -0.388 e. The molecule has 6 nitrogen and oxygen atoms in total. The summed E-state index contributed by atoms with van der Waals surface area (Å²) in [4.78, 5) is 15.1. The van der Waals surface area contributed by atoms with Gasteiger partial charge in [0.05, 0.1) is 24.3 Å². The smallest absolute Gasteiger partial charge is 0.233 e. The Balaban J connectivity index is 1.43. The number of hydrogen-bond donors (Lipinski definition) is 2. The van der Waals surface area contributed by atoms with E-state index in [2.05, 4.69) is 4.72 Å². The molecule has 3 atom stereocenters. The molecule has 36 heavy (non-hydrogen) atoms. The van der Waals surface area contributed by atoms with Gasteiger partial charge in [-0.15, -0.1) is 0 Å². The van der Waals surface area contributed by atoms with Crippen LogP contribution in [0, 0.1) is 11.7 Å². The lowest BCUT2D eigenvalue weighted by Crippen LogP contribution is -2.55. The van der Waals surface area contributed by atoms with E-state index in [1.807, 2.05) is 54.6 Å². The molecule has 1 aliphatic rings. The van der Waals surface area contributed by atoms with Gasteiger partial charge in [0.15, 0.2) is 0 Å². The van der Waals surface area contributed by atoms with Crippen LogP contribution < -0.4 is 9.62 Å². The number of β-lactam (4-membered cyclic amide) rings is 1. The van der Waals surface area contributed by atoms with Crippen LogP contribution in [-0.2, 0) is 21.2 Å². The number of halogens is 1. The third-order valence-corrected chi connectivity index (χ3v) is 7.31. The lowest BCUT2D eigenvalue weighted by molar-refractivity contribution is -0.131. The molecule has 190 valence electrons. The molecule has 1 fully saturated rings. The molecule has 3 aromatic rings. The zero-order valence-electron chi connectivity index (χ0n) is 20.2. The number of hydrogen-bond acceptors (Lipinski definition) is 4. The van der Waals surface area contributed by atoms with Crippen molar-refractivity contribution in [3.05, 3.63) is 101 Å². The van der Waals surface area contributed by atoms with Crippen molar-refractivity contribution in [3.63, 3.8) is 0 Å². The highest BCUT2D eigenvalue weighted by Crippen LogP contribution is 2.46. The summed E-state index contributed by atoms with van der Waals surface area (Å²) in [5.74, 6) is -0.596. The first-order valence-electron chi connectivity index (χ1n) is 12.1. The molecular formula is C28H31FN2O4S.